The zero-order valence-electron chi connectivity index (χ0n) is 16.5. The third-order valence-electron chi connectivity index (χ3n) is 3.60. The Balaban J connectivity index is 0.000000300. The molecule has 30 heavy (non-hydrogen) atoms. The van der Waals surface area contributed by atoms with Gasteiger partial charge in [0.25, 0.3) is 0 Å². The van der Waals surface area contributed by atoms with Crippen LogP contribution in [0.3, 0.4) is 0 Å². The first-order valence-electron chi connectivity index (χ1n) is 9.02. The average Bonchev–Trinajstić information content (AvgIpc) is 3.30. The van der Waals surface area contributed by atoms with Gasteiger partial charge in [0.15, 0.2) is 0 Å². The lowest BCUT2D eigenvalue weighted by Crippen LogP contribution is -2.14. The minimum absolute atomic E-state index is 0.222. The highest BCUT2D eigenvalue weighted by Gasteiger charge is 2.24. The lowest BCUT2D eigenvalue weighted by atomic mass is 10.1. The van der Waals surface area contributed by atoms with Gasteiger partial charge in [0.1, 0.15) is 6.67 Å². The first kappa shape index (κ1) is 28.4. The van der Waals surface area contributed by atoms with Gasteiger partial charge >= 0.3 is 12.0 Å². The Hall–Kier alpha value is 0.354. The normalized spacial score (nSPS) is 12.5. The molecule has 0 radical (unpaired) electrons. The van der Waals surface area contributed by atoms with E-state index in [-0.39, 0.29) is 12.3 Å². The lowest BCUT2D eigenvalue weighted by Gasteiger charge is -2.01. The number of aromatic nitrogens is 1. The summed E-state index contributed by atoms with van der Waals surface area (Å²) in [7, 11) is 0. The second-order valence-corrected chi connectivity index (χ2v) is 25.0. The van der Waals surface area contributed by atoms with Crippen LogP contribution in [0.4, 0.5) is 0 Å². The van der Waals surface area contributed by atoms with Crippen LogP contribution in [0.15, 0.2) is 49.7 Å². The molecule has 0 spiro atoms. The van der Waals surface area contributed by atoms with E-state index >= 15 is 0 Å². The monoisotopic (exact) mass is 583 g/mol. The third-order valence-corrected chi connectivity index (χ3v) is 7.59. The predicted octanol–water partition coefficient (Wildman–Crippen LogP) is 8.11. The molecule has 0 aliphatic heterocycles. The molecule has 2 heterocycles. The molecule has 2 aromatic heterocycles. The summed E-state index contributed by atoms with van der Waals surface area (Å²) in [5, 5.41) is 19.9. The van der Waals surface area contributed by atoms with Crippen LogP contribution in [0.2, 0.25) is 0 Å². The maximum atomic E-state index is 5.67. The highest BCUT2D eigenvalue weighted by atomic mass is 35.8. The van der Waals surface area contributed by atoms with Gasteiger partial charge in [-0.3, -0.25) is 0 Å². The summed E-state index contributed by atoms with van der Waals surface area (Å²) in [6, 6.07) is -3.24. The van der Waals surface area contributed by atoms with Gasteiger partial charge in [0.2, 0.25) is 0 Å². The molecule has 2 aromatic rings. The first-order valence-corrected chi connectivity index (χ1v) is 20.5. The van der Waals surface area contributed by atoms with Crippen LogP contribution in [0, 0.1) is 0 Å². The summed E-state index contributed by atoms with van der Waals surface area (Å²) in [6.45, 7) is 5.30. The molecule has 5 nitrogen and oxygen atoms in total. The van der Waals surface area contributed by atoms with Gasteiger partial charge in [0.05, 0.1) is 18.9 Å². The Bertz CT molecular complexity index is 801. The number of halogens is 6. The van der Waals surface area contributed by atoms with E-state index in [0.29, 0.717) is 13.2 Å². The van der Waals surface area contributed by atoms with Crippen molar-refractivity contribution >= 4 is 89.8 Å². The van der Waals surface area contributed by atoms with Crippen molar-refractivity contribution in [1.29, 1.82) is 0 Å². The molecule has 0 atom stereocenters. The summed E-state index contributed by atoms with van der Waals surface area (Å²) in [6.07, 6.45) is 6.50. The summed E-state index contributed by atoms with van der Waals surface area (Å²) in [5.41, 5.74) is 3.82. The van der Waals surface area contributed by atoms with E-state index in [1.54, 1.807) is 11.3 Å². The van der Waals surface area contributed by atoms with E-state index in [1.807, 2.05) is 17.0 Å². The highest BCUT2D eigenvalue weighted by molar-refractivity contribution is 7.65. The molecule has 0 aliphatic rings. The van der Waals surface area contributed by atoms with E-state index in [0.717, 1.165) is 12.8 Å². The van der Waals surface area contributed by atoms with Crippen LogP contribution < -0.4 is 0 Å². The van der Waals surface area contributed by atoms with E-state index in [2.05, 4.69) is 51.1 Å². The summed E-state index contributed by atoms with van der Waals surface area (Å²) >= 11 is 35.6. The van der Waals surface area contributed by atoms with Crippen LogP contribution in [-0.2, 0) is 26.1 Å². The Kier molecular flexibility index (Phi) is 13.7. The largest absolute Gasteiger partial charge is 0.363 e. The van der Waals surface area contributed by atoms with Crippen LogP contribution in [0.25, 0.3) is 0 Å². The van der Waals surface area contributed by atoms with Crippen molar-refractivity contribution in [3.8, 4) is 0 Å². The second-order valence-electron chi connectivity index (χ2n) is 6.08. The Morgan fingerprint density at radius 2 is 1.43 bits per heavy atom. The van der Waals surface area contributed by atoms with Gasteiger partial charge < -0.3 is 4.57 Å². The number of aryl methyl sites for hydroxylation is 2. The Morgan fingerprint density at radius 3 is 1.97 bits per heavy atom. The van der Waals surface area contributed by atoms with Crippen molar-refractivity contribution in [3.63, 3.8) is 0 Å². The van der Waals surface area contributed by atoms with Gasteiger partial charge in [0, 0.05) is 12.4 Å². The van der Waals surface area contributed by atoms with Gasteiger partial charge in [-0.25, -0.2) is 0 Å². The van der Waals surface area contributed by atoms with Crippen LogP contribution in [0.5, 0.6) is 0 Å². The van der Waals surface area contributed by atoms with Gasteiger partial charge in [-0.1, -0.05) is 13.8 Å². The highest BCUT2D eigenvalue weighted by Crippen LogP contribution is 2.21. The minimum Gasteiger partial charge on any atom is -0.333 e. The molecule has 168 valence electrons. The van der Waals surface area contributed by atoms with Gasteiger partial charge in [-0.2, -0.15) is 31.8 Å². The molecular weight excluding hydrogens is 563 g/mol. The van der Waals surface area contributed by atoms with Crippen molar-refractivity contribution in [2.24, 2.45) is 20.5 Å². The SMILES string of the molecule is CCc1ccn(CN=NC[Si](Cl)(Cl)Cl)c1.CCc1cscc1CN=NC[Si](Cl)(Cl)Cl. The Morgan fingerprint density at radius 1 is 0.833 bits per heavy atom. The van der Waals surface area contributed by atoms with Crippen molar-refractivity contribution in [1.82, 2.24) is 4.57 Å². The molecule has 0 saturated carbocycles. The number of thiophene rings is 1. The van der Waals surface area contributed by atoms with Crippen LogP contribution >= 0.6 is 77.8 Å². The van der Waals surface area contributed by atoms with Crippen molar-refractivity contribution in [3.05, 3.63) is 45.9 Å². The van der Waals surface area contributed by atoms with Crippen LogP contribution in [0.1, 0.15) is 30.5 Å². The van der Waals surface area contributed by atoms with Crippen molar-refractivity contribution in [2.75, 3.05) is 12.3 Å². The molecule has 0 N–H and O–H groups in total. The molecule has 14 heteroatoms. The minimum atomic E-state index is -2.65. The number of azo groups is 2. The van der Waals surface area contributed by atoms with E-state index in [1.165, 1.54) is 16.7 Å². The smallest absolute Gasteiger partial charge is 0.333 e. The van der Waals surface area contributed by atoms with E-state index < -0.39 is 12.0 Å². The van der Waals surface area contributed by atoms with Crippen molar-refractivity contribution in [2.45, 2.75) is 39.9 Å². The number of hydrogen-bond donors (Lipinski definition) is 0. The zero-order valence-corrected chi connectivity index (χ0v) is 23.9. The molecule has 2 rings (SSSR count). The zero-order chi connectivity index (χ0) is 22.6. The summed E-state index contributed by atoms with van der Waals surface area (Å²) < 4.78 is 1.95. The van der Waals surface area contributed by atoms with Gasteiger partial charge in [-0.05, 0) is 46.4 Å². The topological polar surface area (TPSA) is 54.4 Å². The molecule has 0 saturated heterocycles. The third kappa shape index (κ3) is 13.7. The fraction of sp³-hybridized carbons (Fsp3) is 0.500. The second kappa shape index (κ2) is 14.5. The average molecular weight is 586 g/mol. The first-order chi connectivity index (χ1) is 14.0. The molecule has 0 fully saturated rings. The van der Waals surface area contributed by atoms with E-state index in [9.17, 15) is 0 Å². The van der Waals surface area contributed by atoms with E-state index in [4.69, 9.17) is 66.5 Å². The van der Waals surface area contributed by atoms with Crippen LogP contribution in [-0.4, -0.2) is 28.9 Å². The lowest BCUT2D eigenvalue weighted by molar-refractivity contribution is 0.693. The van der Waals surface area contributed by atoms with Crippen molar-refractivity contribution < 1.29 is 0 Å². The molecule has 0 aromatic carbocycles. The fourth-order valence-corrected chi connectivity index (χ4v) is 4.51. The number of hydrogen-bond acceptors (Lipinski definition) is 5. The molecular formula is C16H23Cl6N5SSi2. The summed E-state index contributed by atoms with van der Waals surface area (Å²) in [5.74, 6) is 0. The molecule has 0 amide bonds. The standard InChI is InChI=1S/C8H12Cl3N3Si.C8H11Cl3N2SSi/c1-2-8-3-4-14(5-8)6-12-13-7-15(9,10)11;1-2-7-4-14-5-8(7)3-12-13-6-15(9,10)11/h3-5H,2,6-7H2,1H3;4-5H,2-3,6H2,1H3. The molecule has 0 aliphatic carbocycles. The summed E-state index contributed by atoms with van der Waals surface area (Å²) in [4.78, 5) is 0. The maximum absolute atomic E-state index is 5.67. The fourth-order valence-electron chi connectivity index (χ4n) is 2.09. The maximum Gasteiger partial charge on any atom is 0.363 e. The Labute approximate surface area is 211 Å². The number of rotatable bonds is 10. The molecule has 0 bridgehead atoms. The predicted molar refractivity (Wildman–Crippen MR) is 137 cm³/mol. The quantitative estimate of drug-likeness (QED) is 0.154. The molecule has 0 unspecified atom stereocenters. The van der Waals surface area contributed by atoms with Gasteiger partial charge in [-0.15, -0.1) is 66.5 Å². The number of nitrogens with zero attached hydrogens (tertiary/aromatic N) is 5.